The predicted molar refractivity (Wildman–Crippen MR) is 75.0 cm³/mol. The number of aromatic nitrogens is 2. The lowest BCUT2D eigenvalue weighted by Gasteiger charge is -2.23. The van der Waals surface area contributed by atoms with Crippen molar-refractivity contribution >= 4 is 11.6 Å². The van der Waals surface area contributed by atoms with Crippen LogP contribution in [0.2, 0.25) is 0 Å². The third-order valence-electron chi connectivity index (χ3n) is 3.42. The summed E-state index contributed by atoms with van der Waals surface area (Å²) < 4.78 is 0. The minimum Gasteiger partial charge on any atom is -0.358 e. The van der Waals surface area contributed by atoms with Crippen LogP contribution in [0.4, 0.5) is 11.6 Å². The van der Waals surface area contributed by atoms with Crippen LogP contribution >= 0.6 is 0 Å². The number of likely N-dealkylation sites (N-methyl/N-ethyl adjacent to an activating group) is 1. The van der Waals surface area contributed by atoms with E-state index < -0.39 is 0 Å². The van der Waals surface area contributed by atoms with Crippen LogP contribution in [0, 0.1) is 0 Å². The molecule has 2 rings (SSSR count). The second kappa shape index (κ2) is 6.54. The predicted octanol–water partition coefficient (Wildman–Crippen LogP) is 1.25. The smallest absolute Gasteiger partial charge is 0.134 e. The molecule has 1 aliphatic heterocycles. The molecule has 1 aliphatic rings. The second-order valence-corrected chi connectivity index (χ2v) is 4.85. The average molecular weight is 249 g/mol. The molecule has 0 radical (unpaired) electrons. The molecule has 0 unspecified atom stereocenters. The summed E-state index contributed by atoms with van der Waals surface area (Å²) in [6.45, 7) is 3.67. The highest BCUT2D eigenvalue weighted by Crippen LogP contribution is 2.20. The molecule has 5 heteroatoms. The molecule has 18 heavy (non-hydrogen) atoms. The van der Waals surface area contributed by atoms with Gasteiger partial charge in [-0.2, -0.15) is 0 Å². The molecule has 0 saturated carbocycles. The Bertz CT molecular complexity index is 360. The first-order chi connectivity index (χ1) is 8.81. The van der Waals surface area contributed by atoms with Crippen LogP contribution in [0.15, 0.2) is 12.4 Å². The van der Waals surface area contributed by atoms with Crippen molar-refractivity contribution in [1.82, 2.24) is 9.97 Å². The summed E-state index contributed by atoms with van der Waals surface area (Å²) in [5, 5.41) is 0. The quantitative estimate of drug-likeness (QED) is 0.870. The first kappa shape index (κ1) is 13.1. The average Bonchev–Trinajstić information content (AvgIpc) is 2.68. The summed E-state index contributed by atoms with van der Waals surface area (Å²) in [6.07, 6.45) is 6.85. The number of hydrogen-bond donors (Lipinski definition) is 1. The first-order valence-corrected chi connectivity index (χ1v) is 6.79. The maximum atomic E-state index is 5.57. The summed E-state index contributed by atoms with van der Waals surface area (Å²) in [4.78, 5) is 13.2. The van der Waals surface area contributed by atoms with Gasteiger partial charge in [-0.05, 0) is 12.8 Å². The maximum Gasteiger partial charge on any atom is 0.134 e. The normalized spacial score (nSPS) is 16.4. The van der Waals surface area contributed by atoms with Gasteiger partial charge in [-0.25, -0.2) is 9.97 Å². The zero-order valence-electron chi connectivity index (χ0n) is 11.2. The fourth-order valence-corrected chi connectivity index (χ4v) is 2.33. The zero-order chi connectivity index (χ0) is 12.8. The van der Waals surface area contributed by atoms with E-state index in [9.17, 15) is 0 Å². The lowest BCUT2D eigenvalue weighted by atomic mass is 10.2. The topological polar surface area (TPSA) is 58.3 Å². The summed E-state index contributed by atoms with van der Waals surface area (Å²) >= 11 is 0. The van der Waals surface area contributed by atoms with E-state index in [1.54, 1.807) is 6.33 Å². The number of nitrogens with two attached hydrogens (primary N) is 1. The number of anilines is 2. The molecular formula is C13H23N5. The van der Waals surface area contributed by atoms with Gasteiger partial charge >= 0.3 is 0 Å². The monoisotopic (exact) mass is 249 g/mol. The largest absolute Gasteiger partial charge is 0.358 e. The Morgan fingerprint density at radius 2 is 1.94 bits per heavy atom. The lowest BCUT2D eigenvalue weighted by Crippen LogP contribution is -2.28. The van der Waals surface area contributed by atoms with Gasteiger partial charge in [0.25, 0.3) is 0 Å². The Hall–Kier alpha value is -1.36. The molecule has 100 valence electrons. The van der Waals surface area contributed by atoms with Crippen molar-refractivity contribution in [3.8, 4) is 0 Å². The standard InChI is InChI=1S/C13H23N5/c1-17(9-6-14)12-10-13(16-11-15-12)18-7-4-2-3-5-8-18/h10-11H,2-9,14H2,1H3. The van der Waals surface area contributed by atoms with Crippen LogP contribution in [0.1, 0.15) is 25.7 Å². The minimum atomic E-state index is 0.638. The SMILES string of the molecule is CN(CCN)c1cc(N2CCCCCC2)ncn1. The van der Waals surface area contributed by atoms with E-state index in [2.05, 4.69) is 25.8 Å². The van der Waals surface area contributed by atoms with Gasteiger partial charge in [0, 0.05) is 39.3 Å². The number of nitrogens with zero attached hydrogens (tertiary/aromatic N) is 4. The van der Waals surface area contributed by atoms with Gasteiger partial charge in [0.2, 0.25) is 0 Å². The summed E-state index contributed by atoms with van der Waals surface area (Å²) in [5.74, 6) is 2.00. The highest BCUT2D eigenvalue weighted by Gasteiger charge is 2.12. The van der Waals surface area contributed by atoms with Gasteiger partial charge in [0.15, 0.2) is 0 Å². The van der Waals surface area contributed by atoms with Crippen molar-refractivity contribution in [2.75, 3.05) is 43.0 Å². The van der Waals surface area contributed by atoms with Crippen LogP contribution in [0.3, 0.4) is 0 Å². The van der Waals surface area contributed by atoms with Gasteiger partial charge < -0.3 is 15.5 Å². The fraction of sp³-hybridized carbons (Fsp3) is 0.692. The molecule has 0 aromatic carbocycles. The molecule has 1 saturated heterocycles. The minimum absolute atomic E-state index is 0.638. The molecule has 2 heterocycles. The molecule has 2 N–H and O–H groups in total. The lowest BCUT2D eigenvalue weighted by molar-refractivity contribution is 0.726. The van der Waals surface area contributed by atoms with E-state index in [4.69, 9.17) is 5.73 Å². The highest BCUT2D eigenvalue weighted by atomic mass is 15.2. The molecule has 1 aromatic rings. The Kier molecular flexibility index (Phi) is 4.75. The molecule has 5 nitrogen and oxygen atoms in total. The van der Waals surface area contributed by atoms with Crippen LogP contribution in [-0.4, -0.2) is 43.2 Å². The fourth-order valence-electron chi connectivity index (χ4n) is 2.33. The molecule has 0 spiro atoms. The van der Waals surface area contributed by atoms with Gasteiger partial charge in [0.05, 0.1) is 0 Å². The van der Waals surface area contributed by atoms with Crippen LogP contribution in [0.25, 0.3) is 0 Å². The molecule has 1 fully saturated rings. The Balaban J connectivity index is 2.10. The van der Waals surface area contributed by atoms with Crippen LogP contribution in [0.5, 0.6) is 0 Å². The van der Waals surface area contributed by atoms with Crippen molar-refractivity contribution in [3.05, 3.63) is 12.4 Å². The third kappa shape index (κ3) is 3.32. The van der Waals surface area contributed by atoms with E-state index >= 15 is 0 Å². The summed E-state index contributed by atoms with van der Waals surface area (Å²) in [6, 6.07) is 2.07. The van der Waals surface area contributed by atoms with E-state index in [1.165, 1.54) is 25.7 Å². The number of rotatable bonds is 4. The van der Waals surface area contributed by atoms with Crippen molar-refractivity contribution < 1.29 is 0 Å². The van der Waals surface area contributed by atoms with Gasteiger partial charge in [0.1, 0.15) is 18.0 Å². The summed E-state index contributed by atoms with van der Waals surface area (Å²) in [7, 11) is 2.02. The van der Waals surface area contributed by atoms with Gasteiger partial charge in [-0.1, -0.05) is 12.8 Å². The number of hydrogen-bond acceptors (Lipinski definition) is 5. The molecule has 0 amide bonds. The molecule has 1 aromatic heterocycles. The van der Waals surface area contributed by atoms with Gasteiger partial charge in [-0.15, -0.1) is 0 Å². The Morgan fingerprint density at radius 3 is 2.61 bits per heavy atom. The Labute approximate surface area is 109 Å². The van der Waals surface area contributed by atoms with Gasteiger partial charge in [-0.3, -0.25) is 0 Å². The van der Waals surface area contributed by atoms with E-state index in [-0.39, 0.29) is 0 Å². The van der Waals surface area contributed by atoms with Crippen molar-refractivity contribution in [3.63, 3.8) is 0 Å². The zero-order valence-corrected chi connectivity index (χ0v) is 11.2. The summed E-state index contributed by atoms with van der Waals surface area (Å²) in [5.41, 5.74) is 5.57. The maximum absolute atomic E-state index is 5.57. The first-order valence-electron chi connectivity index (χ1n) is 6.79. The van der Waals surface area contributed by atoms with Crippen LogP contribution in [-0.2, 0) is 0 Å². The highest BCUT2D eigenvalue weighted by molar-refractivity contribution is 5.49. The molecule has 0 aliphatic carbocycles. The molecular weight excluding hydrogens is 226 g/mol. The van der Waals surface area contributed by atoms with E-state index in [1.807, 2.05) is 7.05 Å². The van der Waals surface area contributed by atoms with Crippen molar-refractivity contribution in [1.29, 1.82) is 0 Å². The van der Waals surface area contributed by atoms with E-state index in [0.717, 1.165) is 31.3 Å². The van der Waals surface area contributed by atoms with Crippen molar-refractivity contribution in [2.24, 2.45) is 5.73 Å². The third-order valence-corrected chi connectivity index (χ3v) is 3.42. The molecule has 0 atom stereocenters. The Morgan fingerprint density at radius 1 is 1.22 bits per heavy atom. The second-order valence-electron chi connectivity index (χ2n) is 4.85. The van der Waals surface area contributed by atoms with Crippen molar-refractivity contribution in [2.45, 2.75) is 25.7 Å². The van der Waals surface area contributed by atoms with E-state index in [0.29, 0.717) is 6.54 Å². The van der Waals surface area contributed by atoms with Crippen LogP contribution < -0.4 is 15.5 Å². The molecule has 0 bridgehead atoms.